The maximum atomic E-state index is 13.1. The number of carbonyl (C=O) groups excluding carboxylic acids is 3. The molecule has 200 valence electrons. The molecule has 0 spiro atoms. The zero-order valence-electron chi connectivity index (χ0n) is 21.7. The van der Waals surface area contributed by atoms with E-state index in [2.05, 4.69) is 16.0 Å². The first-order chi connectivity index (χ1) is 18.4. The Balaban J connectivity index is 1.61. The average molecular weight is 518 g/mol. The molecule has 3 aromatic rings. The number of benzene rings is 3. The molecule has 0 aliphatic carbocycles. The lowest BCUT2D eigenvalue weighted by Crippen LogP contribution is -2.57. The van der Waals surface area contributed by atoms with Crippen LogP contribution in [0.3, 0.4) is 0 Å². The number of carbonyl (C=O) groups is 3. The highest BCUT2D eigenvalue weighted by molar-refractivity contribution is 5.98. The molecule has 0 saturated carbocycles. The van der Waals surface area contributed by atoms with E-state index in [1.54, 1.807) is 31.2 Å². The summed E-state index contributed by atoms with van der Waals surface area (Å²) in [5, 5.41) is 18.3. The fraction of sp³-hybridized carbons (Fsp3) is 0.300. The van der Waals surface area contributed by atoms with Crippen LogP contribution in [0.4, 0.5) is 0 Å². The predicted octanol–water partition coefficient (Wildman–Crippen LogP) is 3.00. The van der Waals surface area contributed by atoms with E-state index in [4.69, 9.17) is 4.74 Å². The van der Waals surface area contributed by atoms with E-state index in [1.165, 1.54) is 6.92 Å². The lowest BCUT2D eigenvalue weighted by Gasteiger charge is -2.24. The number of aryl methyl sites for hydroxylation is 1. The fourth-order valence-electron chi connectivity index (χ4n) is 3.86. The van der Waals surface area contributed by atoms with Crippen molar-refractivity contribution in [3.63, 3.8) is 0 Å². The number of hydrogen-bond acceptors (Lipinski definition) is 5. The first kappa shape index (κ1) is 28.4. The van der Waals surface area contributed by atoms with Gasteiger partial charge in [-0.15, -0.1) is 0 Å². The molecule has 8 nitrogen and oxygen atoms in total. The Hall–Kier alpha value is -4.17. The van der Waals surface area contributed by atoms with Crippen LogP contribution in [-0.2, 0) is 22.6 Å². The summed E-state index contributed by atoms with van der Waals surface area (Å²) >= 11 is 0. The van der Waals surface area contributed by atoms with Crippen LogP contribution in [0, 0.1) is 0 Å². The topological polar surface area (TPSA) is 117 Å². The van der Waals surface area contributed by atoms with Crippen LogP contribution in [0.2, 0.25) is 0 Å². The molecule has 4 N–H and O–H groups in total. The summed E-state index contributed by atoms with van der Waals surface area (Å²) in [6.45, 7) is 4.02. The number of hydrogen-bond donors (Lipinski definition) is 4. The fourth-order valence-corrected chi connectivity index (χ4v) is 3.86. The monoisotopic (exact) mass is 517 g/mol. The molecule has 38 heavy (non-hydrogen) atoms. The minimum Gasteiger partial charge on any atom is -0.489 e. The largest absolute Gasteiger partial charge is 0.489 e. The van der Waals surface area contributed by atoms with Crippen molar-refractivity contribution in [1.29, 1.82) is 0 Å². The molecule has 8 heteroatoms. The third kappa shape index (κ3) is 8.74. The average Bonchev–Trinajstić information content (AvgIpc) is 2.94. The van der Waals surface area contributed by atoms with Crippen LogP contribution in [0.5, 0.6) is 5.75 Å². The summed E-state index contributed by atoms with van der Waals surface area (Å²) < 4.78 is 5.75. The minimum atomic E-state index is -1.25. The van der Waals surface area contributed by atoms with Crippen LogP contribution >= 0.6 is 0 Å². The Morgan fingerprint density at radius 1 is 0.816 bits per heavy atom. The van der Waals surface area contributed by atoms with Crippen molar-refractivity contribution in [2.24, 2.45) is 0 Å². The molecular formula is C30H35N3O5. The van der Waals surface area contributed by atoms with Crippen LogP contribution < -0.4 is 20.7 Å². The third-order valence-corrected chi connectivity index (χ3v) is 5.96. The van der Waals surface area contributed by atoms with E-state index < -0.39 is 30.0 Å². The normalized spacial score (nSPS) is 13.0. The van der Waals surface area contributed by atoms with Crippen molar-refractivity contribution in [2.75, 3.05) is 6.54 Å². The van der Waals surface area contributed by atoms with Crippen LogP contribution in [0.1, 0.15) is 41.8 Å². The number of ether oxygens (including phenoxy) is 1. The van der Waals surface area contributed by atoms with Crippen molar-refractivity contribution in [2.45, 2.75) is 51.5 Å². The number of nitrogens with one attached hydrogen (secondary N) is 3. The van der Waals surface area contributed by atoms with Crippen molar-refractivity contribution in [3.8, 4) is 5.75 Å². The molecule has 0 radical (unpaired) electrons. The molecular weight excluding hydrogens is 482 g/mol. The second-order valence-corrected chi connectivity index (χ2v) is 8.97. The Morgan fingerprint density at radius 2 is 1.42 bits per heavy atom. The maximum Gasteiger partial charge on any atom is 0.252 e. The van der Waals surface area contributed by atoms with E-state index in [9.17, 15) is 19.5 Å². The molecule has 0 aliphatic rings. The summed E-state index contributed by atoms with van der Waals surface area (Å²) in [7, 11) is 0. The molecule has 3 rings (SSSR count). The maximum absolute atomic E-state index is 13.1. The Bertz CT molecular complexity index is 1170. The van der Waals surface area contributed by atoms with Crippen LogP contribution in [0.25, 0.3) is 0 Å². The van der Waals surface area contributed by atoms with Gasteiger partial charge in [-0.3, -0.25) is 14.4 Å². The number of likely N-dealkylation sites (N-methyl/N-ethyl adjacent to an activating group) is 1. The quantitative estimate of drug-likeness (QED) is 0.278. The second-order valence-electron chi connectivity index (χ2n) is 8.97. The number of amides is 3. The van der Waals surface area contributed by atoms with Crippen molar-refractivity contribution in [1.82, 2.24) is 16.0 Å². The van der Waals surface area contributed by atoms with Gasteiger partial charge < -0.3 is 25.8 Å². The summed E-state index contributed by atoms with van der Waals surface area (Å²) in [6, 6.07) is 23.8. The Kier molecular flexibility index (Phi) is 10.9. The molecule has 3 atom stereocenters. The van der Waals surface area contributed by atoms with E-state index >= 15 is 0 Å². The summed E-state index contributed by atoms with van der Waals surface area (Å²) in [4.78, 5) is 38.6. The zero-order chi connectivity index (χ0) is 27.3. The molecule has 3 amide bonds. The van der Waals surface area contributed by atoms with Gasteiger partial charge in [-0.25, -0.2) is 0 Å². The summed E-state index contributed by atoms with van der Waals surface area (Å²) in [6.07, 6.45) is -0.240. The van der Waals surface area contributed by atoms with Crippen LogP contribution in [-0.4, -0.2) is 47.6 Å². The molecule has 0 saturated heterocycles. The van der Waals surface area contributed by atoms with Crippen molar-refractivity contribution in [3.05, 3.63) is 102 Å². The zero-order valence-corrected chi connectivity index (χ0v) is 21.7. The highest BCUT2D eigenvalue weighted by atomic mass is 16.5. The first-order valence-electron chi connectivity index (χ1n) is 12.7. The smallest absolute Gasteiger partial charge is 0.252 e. The lowest BCUT2D eigenvalue weighted by molar-refractivity contribution is -0.131. The van der Waals surface area contributed by atoms with Gasteiger partial charge in [0.25, 0.3) is 5.91 Å². The predicted molar refractivity (Wildman–Crippen MR) is 146 cm³/mol. The Labute approximate surface area is 223 Å². The van der Waals surface area contributed by atoms with Crippen molar-refractivity contribution < 1.29 is 24.2 Å². The highest BCUT2D eigenvalue weighted by Crippen LogP contribution is 2.15. The van der Waals surface area contributed by atoms with Gasteiger partial charge >= 0.3 is 0 Å². The van der Waals surface area contributed by atoms with Gasteiger partial charge in [-0.2, -0.15) is 0 Å². The molecule has 0 unspecified atom stereocenters. The van der Waals surface area contributed by atoms with E-state index in [0.717, 1.165) is 11.1 Å². The van der Waals surface area contributed by atoms with Gasteiger partial charge in [0.1, 0.15) is 24.4 Å². The number of rotatable bonds is 13. The van der Waals surface area contributed by atoms with Crippen molar-refractivity contribution >= 4 is 17.7 Å². The minimum absolute atomic E-state index is 0.305. The molecule has 0 bridgehead atoms. The first-order valence-corrected chi connectivity index (χ1v) is 12.7. The standard InChI is InChI=1S/C30H35N3O5/c1-3-31-29(36)26(19-14-22-10-6-4-7-11-22)32-30(37)27(21(2)34)33-28(35)24-15-17-25(18-16-24)38-20-23-12-8-5-9-13-23/h4-13,15-18,21,26-27,34H,3,14,19-20H2,1-2H3,(H,31,36)(H,32,37)(H,33,35)/t21-,26+,27+/m1/s1. The molecule has 0 heterocycles. The highest BCUT2D eigenvalue weighted by Gasteiger charge is 2.30. The van der Waals surface area contributed by atoms with Crippen LogP contribution in [0.15, 0.2) is 84.9 Å². The SMILES string of the molecule is CCNC(=O)[C@H](CCc1ccccc1)NC(=O)[C@@H](NC(=O)c1ccc(OCc2ccccc2)cc1)[C@@H](C)O. The third-order valence-electron chi connectivity index (χ3n) is 5.96. The van der Waals surface area contributed by atoms with Gasteiger partial charge in [0, 0.05) is 12.1 Å². The number of aliphatic hydroxyl groups excluding tert-OH is 1. The lowest BCUT2D eigenvalue weighted by atomic mass is 10.0. The second kappa shape index (κ2) is 14.5. The molecule has 0 aromatic heterocycles. The number of aliphatic hydroxyl groups is 1. The molecule has 3 aromatic carbocycles. The Morgan fingerprint density at radius 3 is 2.00 bits per heavy atom. The van der Waals surface area contributed by atoms with E-state index in [-0.39, 0.29) is 5.91 Å². The molecule has 0 aliphatic heterocycles. The molecule has 0 fully saturated rings. The summed E-state index contributed by atoms with van der Waals surface area (Å²) in [5.74, 6) is -0.892. The van der Waals surface area contributed by atoms with Gasteiger partial charge in [0.15, 0.2) is 0 Å². The van der Waals surface area contributed by atoms with Gasteiger partial charge in [0.2, 0.25) is 11.8 Å². The summed E-state index contributed by atoms with van der Waals surface area (Å²) in [5.41, 5.74) is 2.36. The van der Waals surface area contributed by atoms with E-state index in [1.807, 2.05) is 60.7 Å². The van der Waals surface area contributed by atoms with Gasteiger partial charge in [0.05, 0.1) is 6.10 Å². The van der Waals surface area contributed by atoms with E-state index in [0.29, 0.717) is 37.3 Å². The van der Waals surface area contributed by atoms with Gasteiger partial charge in [-0.05, 0) is 62.1 Å². The van der Waals surface area contributed by atoms with Gasteiger partial charge in [-0.1, -0.05) is 60.7 Å².